The van der Waals surface area contributed by atoms with Gasteiger partial charge in [-0.1, -0.05) is 34.6 Å². The molecule has 3 rings (SSSR count). The van der Waals surface area contributed by atoms with E-state index < -0.39 is 0 Å². The molecular weight excluding hydrogens is 410 g/mol. The van der Waals surface area contributed by atoms with Gasteiger partial charge in [-0.3, -0.25) is 0 Å². The first-order chi connectivity index (χ1) is 14.2. The van der Waals surface area contributed by atoms with Crippen molar-refractivity contribution in [1.29, 1.82) is 0 Å². The first-order valence-electron chi connectivity index (χ1n) is 11.2. The normalized spacial score (nSPS) is 15.5. The highest BCUT2D eigenvalue weighted by Crippen LogP contribution is 2.38. The van der Waals surface area contributed by atoms with Gasteiger partial charge in [-0.25, -0.2) is 4.98 Å². The Morgan fingerprint density at radius 1 is 1.17 bits per heavy atom. The van der Waals surface area contributed by atoms with Crippen LogP contribution in [0.15, 0.2) is 12.1 Å². The Morgan fingerprint density at radius 2 is 1.83 bits per heavy atom. The van der Waals surface area contributed by atoms with E-state index in [1.165, 1.54) is 34.7 Å². The first-order valence-corrected chi connectivity index (χ1v) is 12.4. The van der Waals surface area contributed by atoms with Gasteiger partial charge in [0.15, 0.2) is 5.11 Å². The van der Waals surface area contributed by atoms with Crippen molar-refractivity contribution in [2.24, 2.45) is 5.73 Å². The van der Waals surface area contributed by atoms with Gasteiger partial charge in [0.25, 0.3) is 0 Å². The lowest BCUT2D eigenvalue weighted by molar-refractivity contribution is 0.364. The van der Waals surface area contributed by atoms with E-state index in [9.17, 15) is 0 Å². The lowest BCUT2D eigenvalue weighted by atomic mass is 9.93. The molecule has 0 unspecified atom stereocenters. The van der Waals surface area contributed by atoms with Gasteiger partial charge in [-0.15, -0.1) is 11.3 Å². The maximum Gasteiger partial charge on any atom is 0.171 e. The number of thiazole rings is 1. The molecule has 1 aliphatic rings. The van der Waals surface area contributed by atoms with E-state index in [2.05, 4.69) is 62.3 Å². The number of fused-ring (bicyclic) bond motifs is 1. The zero-order valence-electron chi connectivity index (χ0n) is 19.1. The molecule has 0 amide bonds. The van der Waals surface area contributed by atoms with Crippen LogP contribution in [0.3, 0.4) is 0 Å². The summed E-state index contributed by atoms with van der Waals surface area (Å²) in [5.41, 5.74) is 9.29. The van der Waals surface area contributed by atoms with E-state index >= 15 is 0 Å². The smallest absolute Gasteiger partial charge is 0.171 e. The summed E-state index contributed by atoms with van der Waals surface area (Å²) in [7, 11) is 0. The highest BCUT2D eigenvalue weighted by Gasteiger charge is 2.26. The third kappa shape index (κ3) is 5.06. The van der Waals surface area contributed by atoms with E-state index in [4.69, 9.17) is 22.9 Å². The summed E-state index contributed by atoms with van der Waals surface area (Å²) in [5.74, 6) is 0. The zero-order chi connectivity index (χ0) is 21.9. The van der Waals surface area contributed by atoms with Crippen molar-refractivity contribution in [2.75, 3.05) is 29.9 Å². The van der Waals surface area contributed by atoms with Crippen LogP contribution >= 0.6 is 23.6 Å². The number of nitrogens with two attached hydrogens (primary N) is 1. The topological polar surface area (TPSA) is 66.2 Å². The number of nitrogens with zero attached hydrogens (tertiary/aromatic N) is 2. The van der Waals surface area contributed by atoms with Gasteiger partial charge in [-0.05, 0) is 56.5 Å². The Labute approximate surface area is 190 Å². The zero-order valence-corrected chi connectivity index (χ0v) is 20.7. The molecule has 0 saturated carbocycles. The molecule has 7 heteroatoms. The van der Waals surface area contributed by atoms with Crippen molar-refractivity contribution in [3.8, 4) is 0 Å². The number of aromatic nitrogens is 1. The number of benzene rings is 1. The lowest BCUT2D eigenvalue weighted by Gasteiger charge is -2.34. The monoisotopic (exact) mass is 447 g/mol. The van der Waals surface area contributed by atoms with Crippen LogP contribution in [0.5, 0.6) is 0 Å². The quantitative estimate of drug-likeness (QED) is 0.516. The molecule has 2 aromatic rings. The van der Waals surface area contributed by atoms with E-state index in [1.807, 2.05) is 0 Å². The molecule has 1 fully saturated rings. The molecule has 1 aliphatic heterocycles. The number of anilines is 2. The molecule has 1 aromatic carbocycles. The van der Waals surface area contributed by atoms with Crippen molar-refractivity contribution in [3.63, 3.8) is 0 Å². The summed E-state index contributed by atoms with van der Waals surface area (Å²) in [6.07, 6.45) is 5.63. The molecule has 0 bridgehead atoms. The van der Waals surface area contributed by atoms with Crippen molar-refractivity contribution >= 4 is 50.3 Å². The highest BCUT2D eigenvalue weighted by molar-refractivity contribution is 7.80. The molecule has 166 valence electrons. The second kappa shape index (κ2) is 9.37. The van der Waals surface area contributed by atoms with E-state index in [0.717, 1.165) is 37.1 Å². The molecule has 0 radical (unpaired) electrons. The van der Waals surface area contributed by atoms with Crippen molar-refractivity contribution < 1.29 is 0 Å². The number of thiocarbonyl (C=S) groups is 1. The lowest BCUT2D eigenvalue weighted by Crippen LogP contribution is -2.54. The van der Waals surface area contributed by atoms with Gasteiger partial charge < -0.3 is 21.3 Å². The SMILES string of the molecule is CCC(CC)(CN)NC(=S)Nc1cc2sc(C(C)(C)C)nc2cc1N1CCCCC1. The van der Waals surface area contributed by atoms with Crippen LogP contribution in [0, 0.1) is 0 Å². The third-order valence-electron chi connectivity index (χ3n) is 6.22. The van der Waals surface area contributed by atoms with Crippen molar-refractivity contribution in [3.05, 3.63) is 17.1 Å². The van der Waals surface area contributed by atoms with E-state index in [1.54, 1.807) is 11.3 Å². The molecule has 4 N–H and O–H groups in total. The van der Waals surface area contributed by atoms with Gasteiger partial charge in [0, 0.05) is 25.0 Å². The van der Waals surface area contributed by atoms with Gasteiger partial charge in [0.1, 0.15) is 0 Å². The van der Waals surface area contributed by atoms with Crippen LogP contribution in [0.25, 0.3) is 10.2 Å². The molecule has 0 spiro atoms. The molecule has 1 saturated heterocycles. The summed E-state index contributed by atoms with van der Waals surface area (Å²) in [6, 6.07) is 4.47. The van der Waals surface area contributed by atoms with Gasteiger partial charge >= 0.3 is 0 Å². The van der Waals surface area contributed by atoms with Crippen LogP contribution in [0.2, 0.25) is 0 Å². The summed E-state index contributed by atoms with van der Waals surface area (Å²) >= 11 is 7.50. The molecule has 30 heavy (non-hydrogen) atoms. The number of hydrogen-bond donors (Lipinski definition) is 3. The predicted molar refractivity (Wildman–Crippen MR) is 136 cm³/mol. The van der Waals surface area contributed by atoms with Crippen LogP contribution in [-0.2, 0) is 5.41 Å². The van der Waals surface area contributed by atoms with Crippen molar-refractivity contribution in [1.82, 2.24) is 10.3 Å². The second-order valence-electron chi connectivity index (χ2n) is 9.42. The molecule has 2 heterocycles. The fourth-order valence-electron chi connectivity index (χ4n) is 3.94. The number of hydrogen-bond acceptors (Lipinski definition) is 5. The third-order valence-corrected chi connectivity index (χ3v) is 7.86. The first kappa shape index (κ1) is 23.2. The van der Waals surface area contributed by atoms with Crippen molar-refractivity contribution in [2.45, 2.75) is 77.7 Å². The average molecular weight is 448 g/mol. The van der Waals surface area contributed by atoms with E-state index in [0.29, 0.717) is 11.7 Å². The Balaban J connectivity index is 1.96. The van der Waals surface area contributed by atoms with Gasteiger partial charge in [0.2, 0.25) is 0 Å². The average Bonchev–Trinajstić information content (AvgIpc) is 3.16. The standard InChI is InChI=1S/C23H37N5S2/c1-6-23(7-2,15-24)27-21(29)26-16-14-19-17(25-20(30-19)22(3,4)5)13-18(16)28-11-9-8-10-12-28/h13-14H,6-12,15,24H2,1-5H3,(H2,26,27,29). The molecule has 1 aromatic heterocycles. The minimum absolute atomic E-state index is 0.0441. The largest absolute Gasteiger partial charge is 0.370 e. The number of rotatable bonds is 6. The predicted octanol–water partition coefficient (Wildman–Crippen LogP) is 5.39. The minimum Gasteiger partial charge on any atom is -0.370 e. The van der Waals surface area contributed by atoms with Crippen LogP contribution in [0.4, 0.5) is 11.4 Å². The summed E-state index contributed by atoms with van der Waals surface area (Å²) in [6.45, 7) is 13.7. The van der Waals surface area contributed by atoms with Gasteiger partial charge in [0.05, 0.1) is 32.1 Å². The maximum absolute atomic E-state index is 6.07. The van der Waals surface area contributed by atoms with Crippen LogP contribution in [0.1, 0.15) is 71.7 Å². The Hall–Kier alpha value is -1.44. The summed E-state index contributed by atoms with van der Waals surface area (Å²) < 4.78 is 1.20. The molecule has 0 atom stereocenters. The molecule has 5 nitrogen and oxygen atoms in total. The highest BCUT2D eigenvalue weighted by atomic mass is 32.1. The summed E-state index contributed by atoms with van der Waals surface area (Å²) in [5, 5.41) is 8.82. The van der Waals surface area contributed by atoms with E-state index in [-0.39, 0.29) is 11.0 Å². The molecule has 0 aliphatic carbocycles. The second-order valence-corrected chi connectivity index (χ2v) is 10.9. The number of nitrogens with one attached hydrogen (secondary N) is 2. The number of piperidine rings is 1. The maximum atomic E-state index is 6.07. The Kier molecular flexibility index (Phi) is 7.25. The fraction of sp³-hybridized carbons (Fsp3) is 0.652. The Morgan fingerprint density at radius 3 is 2.40 bits per heavy atom. The fourth-order valence-corrected chi connectivity index (χ4v) is 5.31. The minimum atomic E-state index is -0.163. The van der Waals surface area contributed by atoms with Crippen LogP contribution < -0.4 is 21.3 Å². The van der Waals surface area contributed by atoms with Crippen LogP contribution in [-0.4, -0.2) is 35.3 Å². The van der Waals surface area contributed by atoms with Gasteiger partial charge in [-0.2, -0.15) is 0 Å². The Bertz CT molecular complexity index is 865. The summed E-state index contributed by atoms with van der Waals surface area (Å²) in [4.78, 5) is 7.43. The molecular formula is C23H37N5S2.